The maximum atomic E-state index is 11.9. The van der Waals surface area contributed by atoms with Crippen LogP contribution < -0.4 is 10.9 Å². The van der Waals surface area contributed by atoms with Gasteiger partial charge in [0.25, 0.3) is 5.91 Å². The van der Waals surface area contributed by atoms with E-state index < -0.39 is 5.97 Å². The number of aromatic nitrogens is 1. The van der Waals surface area contributed by atoms with Crippen LogP contribution in [-0.2, 0) is 11.2 Å². The van der Waals surface area contributed by atoms with Gasteiger partial charge in [-0.05, 0) is 30.2 Å². The lowest BCUT2D eigenvalue weighted by Gasteiger charge is -2.06. The van der Waals surface area contributed by atoms with E-state index in [-0.39, 0.29) is 23.5 Å². The first-order valence-corrected chi connectivity index (χ1v) is 6.35. The van der Waals surface area contributed by atoms with Gasteiger partial charge in [-0.1, -0.05) is 12.1 Å². The van der Waals surface area contributed by atoms with Crippen molar-refractivity contribution in [3.63, 3.8) is 0 Å². The SMILES string of the molecule is O=C(O)CCc1ccc(NC(=O)c2cc[nH]c(=O)c2)cc1. The van der Waals surface area contributed by atoms with Crippen molar-refractivity contribution in [2.24, 2.45) is 0 Å². The van der Waals surface area contributed by atoms with Crippen LogP contribution in [0.25, 0.3) is 0 Å². The fourth-order valence-electron chi connectivity index (χ4n) is 1.80. The second kappa shape index (κ2) is 6.51. The number of rotatable bonds is 5. The van der Waals surface area contributed by atoms with E-state index in [0.717, 1.165) is 5.56 Å². The van der Waals surface area contributed by atoms with E-state index in [2.05, 4.69) is 10.3 Å². The Balaban J connectivity index is 2.01. The lowest BCUT2D eigenvalue weighted by molar-refractivity contribution is -0.136. The molecular formula is C15H14N2O4. The molecule has 1 aromatic heterocycles. The average molecular weight is 286 g/mol. The zero-order valence-electron chi connectivity index (χ0n) is 11.1. The molecule has 6 heteroatoms. The van der Waals surface area contributed by atoms with Crippen molar-refractivity contribution >= 4 is 17.6 Å². The number of aromatic amines is 1. The summed E-state index contributed by atoms with van der Waals surface area (Å²) < 4.78 is 0. The number of hydrogen-bond acceptors (Lipinski definition) is 3. The summed E-state index contributed by atoms with van der Waals surface area (Å²) in [4.78, 5) is 36.0. The molecule has 3 N–H and O–H groups in total. The highest BCUT2D eigenvalue weighted by Crippen LogP contribution is 2.12. The van der Waals surface area contributed by atoms with Gasteiger partial charge in [-0.3, -0.25) is 14.4 Å². The second-order valence-corrected chi connectivity index (χ2v) is 4.49. The smallest absolute Gasteiger partial charge is 0.303 e. The molecule has 0 saturated heterocycles. The number of amides is 1. The lowest BCUT2D eigenvalue weighted by atomic mass is 10.1. The number of carbonyl (C=O) groups excluding carboxylic acids is 1. The van der Waals surface area contributed by atoms with Crippen LogP contribution in [-0.4, -0.2) is 22.0 Å². The first-order chi connectivity index (χ1) is 10.0. The van der Waals surface area contributed by atoms with E-state index in [1.54, 1.807) is 24.3 Å². The third kappa shape index (κ3) is 4.31. The number of carbonyl (C=O) groups is 2. The predicted molar refractivity (Wildman–Crippen MR) is 77.4 cm³/mol. The highest BCUT2D eigenvalue weighted by molar-refractivity contribution is 6.04. The van der Waals surface area contributed by atoms with Crippen molar-refractivity contribution in [2.75, 3.05) is 5.32 Å². The van der Waals surface area contributed by atoms with E-state index >= 15 is 0 Å². The molecule has 2 aromatic rings. The molecule has 108 valence electrons. The van der Waals surface area contributed by atoms with E-state index in [0.29, 0.717) is 12.1 Å². The maximum Gasteiger partial charge on any atom is 0.303 e. The van der Waals surface area contributed by atoms with Crippen LogP contribution in [0.4, 0.5) is 5.69 Å². The standard InChI is InChI=1S/C15H14N2O4/c18-13-9-11(7-8-16-13)15(21)17-12-4-1-10(2-5-12)3-6-14(19)20/h1-2,4-5,7-9H,3,6H2,(H,16,18)(H,17,21)(H,19,20). The van der Waals surface area contributed by atoms with Crippen molar-refractivity contribution in [3.8, 4) is 0 Å². The Morgan fingerprint density at radius 1 is 1.14 bits per heavy atom. The van der Waals surface area contributed by atoms with E-state index in [1.165, 1.54) is 18.3 Å². The summed E-state index contributed by atoms with van der Waals surface area (Å²) in [5, 5.41) is 11.3. The minimum Gasteiger partial charge on any atom is -0.481 e. The van der Waals surface area contributed by atoms with Crippen LogP contribution in [0.3, 0.4) is 0 Å². The number of benzene rings is 1. The van der Waals surface area contributed by atoms with Crippen molar-refractivity contribution in [1.29, 1.82) is 0 Å². The van der Waals surface area contributed by atoms with Crippen molar-refractivity contribution in [3.05, 3.63) is 64.1 Å². The van der Waals surface area contributed by atoms with Crippen LogP contribution in [0, 0.1) is 0 Å². The lowest BCUT2D eigenvalue weighted by Crippen LogP contribution is -2.15. The van der Waals surface area contributed by atoms with Gasteiger partial charge in [-0.25, -0.2) is 0 Å². The molecule has 1 amide bonds. The maximum absolute atomic E-state index is 11.9. The topological polar surface area (TPSA) is 99.3 Å². The fraction of sp³-hybridized carbons (Fsp3) is 0.133. The summed E-state index contributed by atoms with van der Waals surface area (Å²) in [6.07, 6.45) is 1.92. The average Bonchev–Trinajstić information content (AvgIpc) is 2.46. The third-order valence-electron chi connectivity index (χ3n) is 2.88. The molecule has 0 saturated carbocycles. The summed E-state index contributed by atoms with van der Waals surface area (Å²) in [6.45, 7) is 0. The van der Waals surface area contributed by atoms with Crippen LogP contribution in [0.2, 0.25) is 0 Å². The van der Waals surface area contributed by atoms with Gasteiger partial charge in [0.05, 0.1) is 0 Å². The summed E-state index contributed by atoms with van der Waals surface area (Å²) in [7, 11) is 0. The highest BCUT2D eigenvalue weighted by atomic mass is 16.4. The molecule has 21 heavy (non-hydrogen) atoms. The van der Waals surface area contributed by atoms with Gasteiger partial charge in [0.1, 0.15) is 0 Å². The Labute approximate surface area is 120 Å². The van der Waals surface area contributed by atoms with Crippen molar-refractivity contribution < 1.29 is 14.7 Å². The summed E-state index contributed by atoms with van der Waals surface area (Å²) in [5.74, 6) is -1.22. The number of anilines is 1. The molecule has 0 aliphatic carbocycles. The molecule has 6 nitrogen and oxygen atoms in total. The number of hydrogen-bond donors (Lipinski definition) is 3. The monoisotopic (exact) mass is 286 g/mol. The number of carboxylic acids is 1. The fourth-order valence-corrected chi connectivity index (χ4v) is 1.80. The summed E-state index contributed by atoms with van der Waals surface area (Å²) in [5.41, 5.74) is 1.39. The summed E-state index contributed by atoms with van der Waals surface area (Å²) >= 11 is 0. The number of H-pyrrole nitrogens is 1. The van der Waals surface area contributed by atoms with Gasteiger partial charge in [-0.15, -0.1) is 0 Å². The molecule has 1 heterocycles. The third-order valence-corrected chi connectivity index (χ3v) is 2.88. The van der Waals surface area contributed by atoms with Crippen LogP contribution >= 0.6 is 0 Å². The van der Waals surface area contributed by atoms with E-state index in [9.17, 15) is 14.4 Å². The van der Waals surface area contributed by atoms with E-state index in [4.69, 9.17) is 5.11 Å². The zero-order valence-corrected chi connectivity index (χ0v) is 11.1. The molecule has 0 atom stereocenters. The molecule has 0 bridgehead atoms. The first-order valence-electron chi connectivity index (χ1n) is 6.35. The van der Waals surface area contributed by atoms with Crippen molar-refractivity contribution in [2.45, 2.75) is 12.8 Å². The molecule has 0 unspecified atom stereocenters. The number of aryl methyl sites for hydroxylation is 1. The quantitative estimate of drug-likeness (QED) is 0.778. The number of aliphatic carboxylic acids is 1. The van der Waals surface area contributed by atoms with Gasteiger partial charge >= 0.3 is 5.97 Å². The molecule has 0 radical (unpaired) electrons. The van der Waals surface area contributed by atoms with Crippen LogP contribution in [0.15, 0.2) is 47.4 Å². The molecule has 0 spiro atoms. The van der Waals surface area contributed by atoms with E-state index in [1.807, 2.05) is 0 Å². The Hall–Kier alpha value is -2.89. The second-order valence-electron chi connectivity index (χ2n) is 4.49. The Bertz CT molecular complexity index is 704. The molecule has 0 aliphatic heterocycles. The molecule has 0 fully saturated rings. The van der Waals surface area contributed by atoms with Gasteiger partial charge in [0.15, 0.2) is 0 Å². The van der Waals surface area contributed by atoms with Crippen LogP contribution in [0.5, 0.6) is 0 Å². The van der Waals surface area contributed by atoms with Gasteiger partial charge < -0.3 is 15.4 Å². The first kappa shape index (κ1) is 14.5. The minimum absolute atomic E-state index is 0.0680. The predicted octanol–water partition coefficient (Wildman–Crippen LogP) is 1.64. The normalized spacial score (nSPS) is 10.1. The Morgan fingerprint density at radius 3 is 2.48 bits per heavy atom. The minimum atomic E-state index is -0.846. The van der Waals surface area contributed by atoms with Gasteiger partial charge in [-0.2, -0.15) is 0 Å². The molecule has 1 aromatic carbocycles. The Morgan fingerprint density at radius 2 is 1.86 bits per heavy atom. The van der Waals surface area contributed by atoms with Crippen LogP contribution in [0.1, 0.15) is 22.3 Å². The number of pyridine rings is 1. The Kier molecular flexibility index (Phi) is 4.50. The van der Waals surface area contributed by atoms with Gasteiger partial charge in [0, 0.05) is 29.9 Å². The highest BCUT2D eigenvalue weighted by Gasteiger charge is 2.06. The molecule has 0 aliphatic rings. The number of nitrogens with one attached hydrogen (secondary N) is 2. The molecular weight excluding hydrogens is 272 g/mol. The van der Waals surface area contributed by atoms with Gasteiger partial charge in [0.2, 0.25) is 5.56 Å². The molecule has 2 rings (SSSR count). The van der Waals surface area contributed by atoms with Crippen molar-refractivity contribution in [1.82, 2.24) is 4.98 Å². The summed E-state index contributed by atoms with van der Waals surface area (Å²) in [6, 6.07) is 9.64. The zero-order chi connectivity index (χ0) is 15.2. The largest absolute Gasteiger partial charge is 0.481 e. The number of carboxylic acid groups (broad SMARTS) is 1.